The third-order valence-electron chi connectivity index (χ3n) is 2.62. The molecule has 0 radical (unpaired) electrons. The number of nitrogens with zero attached hydrogens (tertiary/aromatic N) is 2. The molecule has 96 valence electrons. The molecule has 0 fully saturated rings. The monoisotopic (exact) mass is 282 g/mol. The molecule has 2 aromatic heterocycles. The molecule has 2 aromatic rings. The van der Waals surface area contributed by atoms with Crippen molar-refractivity contribution >= 4 is 39.3 Å². The van der Waals surface area contributed by atoms with Crippen LogP contribution in [0.25, 0.3) is 10.2 Å². The second kappa shape index (κ2) is 5.67. The summed E-state index contributed by atoms with van der Waals surface area (Å²) < 4.78 is 0. The lowest BCUT2D eigenvalue weighted by atomic mass is 10.2. The molecule has 2 rings (SSSR count). The first-order chi connectivity index (χ1) is 8.65. The Hall–Kier alpha value is -1.14. The van der Waals surface area contributed by atoms with E-state index in [1.54, 1.807) is 11.8 Å². The summed E-state index contributed by atoms with van der Waals surface area (Å²) in [6, 6.07) is 0. The fourth-order valence-corrected chi connectivity index (χ4v) is 3.86. The van der Waals surface area contributed by atoms with Gasteiger partial charge >= 0.3 is 5.97 Å². The van der Waals surface area contributed by atoms with Crippen molar-refractivity contribution in [1.29, 1.82) is 0 Å². The summed E-state index contributed by atoms with van der Waals surface area (Å²) in [4.78, 5) is 20.7. The second-order valence-corrected chi connectivity index (χ2v) is 6.01. The van der Waals surface area contributed by atoms with Gasteiger partial charge in [0.2, 0.25) is 0 Å². The zero-order valence-electron chi connectivity index (χ0n) is 10.3. The Bertz CT molecular complexity index is 581. The van der Waals surface area contributed by atoms with Crippen molar-refractivity contribution in [3.63, 3.8) is 0 Å². The highest BCUT2D eigenvalue weighted by Gasteiger charge is 2.18. The highest BCUT2D eigenvalue weighted by molar-refractivity contribution is 7.99. The number of carboxylic acids is 1. The molecule has 6 heteroatoms. The lowest BCUT2D eigenvalue weighted by Gasteiger charge is -2.02. The molecule has 0 spiro atoms. The molecule has 0 aromatic carbocycles. The number of carboxylic acid groups (broad SMARTS) is 1. The van der Waals surface area contributed by atoms with Crippen molar-refractivity contribution < 1.29 is 9.90 Å². The number of fused-ring (bicyclic) bond motifs is 1. The van der Waals surface area contributed by atoms with Crippen LogP contribution in [0.5, 0.6) is 0 Å². The summed E-state index contributed by atoms with van der Waals surface area (Å²) in [7, 11) is 0. The number of aryl methyl sites for hydroxylation is 1. The maximum absolute atomic E-state index is 11.1. The quantitative estimate of drug-likeness (QED) is 0.516. The van der Waals surface area contributed by atoms with Gasteiger partial charge in [0.25, 0.3) is 0 Å². The number of hydrogen-bond donors (Lipinski definition) is 1. The van der Waals surface area contributed by atoms with Gasteiger partial charge in [0, 0.05) is 5.39 Å². The van der Waals surface area contributed by atoms with Crippen LogP contribution in [0.1, 0.15) is 35.0 Å². The van der Waals surface area contributed by atoms with E-state index in [2.05, 4.69) is 16.9 Å². The van der Waals surface area contributed by atoms with E-state index in [0.29, 0.717) is 4.88 Å². The molecule has 18 heavy (non-hydrogen) atoms. The molecule has 4 nitrogen and oxygen atoms in total. The Kier molecular flexibility index (Phi) is 4.19. The smallest absolute Gasteiger partial charge is 0.346 e. The maximum atomic E-state index is 11.1. The summed E-state index contributed by atoms with van der Waals surface area (Å²) in [6.45, 7) is 3.98. The topological polar surface area (TPSA) is 63.1 Å². The summed E-state index contributed by atoms with van der Waals surface area (Å²) in [5.74, 6) is 0.111. The van der Waals surface area contributed by atoms with E-state index in [1.165, 1.54) is 17.7 Å². The average Bonchev–Trinajstić information content (AvgIpc) is 2.68. The van der Waals surface area contributed by atoms with Crippen LogP contribution in [0, 0.1) is 6.92 Å². The molecule has 2 heterocycles. The number of hydrogen-bond acceptors (Lipinski definition) is 5. The fraction of sp³-hybridized carbons (Fsp3) is 0.417. The molecule has 0 aliphatic carbocycles. The van der Waals surface area contributed by atoms with Crippen molar-refractivity contribution in [1.82, 2.24) is 9.97 Å². The molecule has 0 aliphatic heterocycles. The predicted molar refractivity (Wildman–Crippen MR) is 74.7 cm³/mol. The van der Waals surface area contributed by atoms with Crippen LogP contribution in [-0.4, -0.2) is 26.8 Å². The van der Waals surface area contributed by atoms with Gasteiger partial charge in [-0.3, -0.25) is 0 Å². The predicted octanol–water partition coefficient (Wildman–Crippen LogP) is 3.59. The molecule has 0 aliphatic rings. The Morgan fingerprint density at radius 2 is 2.28 bits per heavy atom. The van der Waals surface area contributed by atoms with Crippen molar-refractivity contribution in [2.75, 3.05) is 5.75 Å². The van der Waals surface area contributed by atoms with Crippen molar-refractivity contribution in [2.45, 2.75) is 31.7 Å². The van der Waals surface area contributed by atoms with E-state index in [0.717, 1.165) is 39.4 Å². The number of rotatable bonds is 5. The Morgan fingerprint density at radius 1 is 1.50 bits per heavy atom. The number of carbonyl (C=O) groups is 1. The first-order valence-corrected chi connectivity index (χ1v) is 7.55. The van der Waals surface area contributed by atoms with Gasteiger partial charge in [-0.25, -0.2) is 14.8 Å². The van der Waals surface area contributed by atoms with Gasteiger partial charge in [0.1, 0.15) is 21.1 Å². The Balaban J connectivity index is 2.44. The summed E-state index contributed by atoms with van der Waals surface area (Å²) in [5.41, 5.74) is 0.780. The third kappa shape index (κ3) is 2.49. The average molecular weight is 282 g/mol. The van der Waals surface area contributed by atoms with Gasteiger partial charge in [0.05, 0.1) is 0 Å². The van der Waals surface area contributed by atoms with Gasteiger partial charge in [-0.15, -0.1) is 23.1 Å². The summed E-state index contributed by atoms with van der Waals surface area (Å²) >= 11 is 2.90. The molecule has 0 unspecified atom stereocenters. The van der Waals surface area contributed by atoms with Crippen molar-refractivity contribution in [2.24, 2.45) is 0 Å². The Morgan fingerprint density at radius 3 is 2.94 bits per heavy atom. The SMILES string of the molecule is CCCCSc1ncnc2sc(C(=O)O)c(C)c12. The minimum absolute atomic E-state index is 0.364. The van der Waals surface area contributed by atoms with E-state index in [1.807, 2.05) is 6.92 Å². The number of thioether (sulfide) groups is 1. The molecule has 1 N–H and O–H groups in total. The molecule has 0 saturated heterocycles. The van der Waals surface area contributed by atoms with E-state index >= 15 is 0 Å². The van der Waals surface area contributed by atoms with E-state index in [-0.39, 0.29) is 0 Å². The molecule has 0 atom stereocenters. The Labute approximate surface area is 113 Å². The van der Waals surface area contributed by atoms with Crippen LogP contribution in [0.3, 0.4) is 0 Å². The third-order valence-corrected chi connectivity index (χ3v) is 4.89. The first kappa shape index (κ1) is 13.3. The maximum Gasteiger partial charge on any atom is 0.346 e. The highest BCUT2D eigenvalue weighted by Crippen LogP contribution is 2.35. The summed E-state index contributed by atoms with van der Waals surface area (Å²) in [6.07, 6.45) is 3.79. The van der Waals surface area contributed by atoms with Crippen LogP contribution in [-0.2, 0) is 0 Å². The van der Waals surface area contributed by atoms with E-state index in [4.69, 9.17) is 5.11 Å². The van der Waals surface area contributed by atoms with Crippen LogP contribution < -0.4 is 0 Å². The van der Waals surface area contributed by atoms with Crippen LogP contribution >= 0.6 is 23.1 Å². The van der Waals surface area contributed by atoms with E-state index in [9.17, 15) is 4.79 Å². The summed E-state index contributed by atoms with van der Waals surface area (Å²) in [5, 5.41) is 10.9. The molecular weight excluding hydrogens is 268 g/mol. The minimum atomic E-state index is -0.889. The molecule has 0 saturated carbocycles. The zero-order chi connectivity index (χ0) is 13.1. The molecular formula is C12H14N2O2S2. The standard InChI is InChI=1S/C12H14N2O2S2/c1-3-4-5-17-10-8-7(2)9(12(15)16)18-11(8)14-6-13-10/h6H,3-5H2,1-2H3,(H,15,16). The lowest BCUT2D eigenvalue weighted by Crippen LogP contribution is -1.94. The van der Waals surface area contributed by atoms with Gasteiger partial charge in [0.15, 0.2) is 0 Å². The second-order valence-electron chi connectivity index (χ2n) is 3.92. The number of thiophene rings is 1. The van der Waals surface area contributed by atoms with Gasteiger partial charge in [-0.1, -0.05) is 13.3 Å². The number of unbranched alkanes of at least 4 members (excludes halogenated alkanes) is 1. The van der Waals surface area contributed by atoms with Crippen LogP contribution in [0.15, 0.2) is 11.4 Å². The van der Waals surface area contributed by atoms with Crippen LogP contribution in [0.4, 0.5) is 0 Å². The minimum Gasteiger partial charge on any atom is -0.477 e. The normalized spacial score (nSPS) is 11.0. The van der Waals surface area contributed by atoms with Gasteiger partial charge in [-0.2, -0.15) is 0 Å². The number of aromatic carboxylic acids is 1. The zero-order valence-corrected chi connectivity index (χ0v) is 11.9. The molecule has 0 bridgehead atoms. The van der Waals surface area contributed by atoms with Gasteiger partial charge in [-0.05, 0) is 24.7 Å². The first-order valence-electron chi connectivity index (χ1n) is 5.75. The van der Waals surface area contributed by atoms with Gasteiger partial charge < -0.3 is 5.11 Å². The highest BCUT2D eigenvalue weighted by atomic mass is 32.2. The fourth-order valence-electron chi connectivity index (χ4n) is 1.67. The largest absolute Gasteiger partial charge is 0.477 e. The molecule has 0 amide bonds. The van der Waals surface area contributed by atoms with Crippen molar-refractivity contribution in [3.05, 3.63) is 16.8 Å². The number of aromatic nitrogens is 2. The lowest BCUT2D eigenvalue weighted by molar-refractivity contribution is 0.0701. The van der Waals surface area contributed by atoms with Crippen molar-refractivity contribution in [3.8, 4) is 0 Å². The van der Waals surface area contributed by atoms with E-state index < -0.39 is 5.97 Å². The van der Waals surface area contributed by atoms with Crippen LogP contribution in [0.2, 0.25) is 0 Å².